The normalized spacial score (nSPS) is 10.2. The number of benzene rings is 2. The third-order valence-electron chi connectivity index (χ3n) is 3.20. The van der Waals surface area contributed by atoms with Gasteiger partial charge in [-0.05, 0) is 42.3 Å². The van der Waals surface area contributed by atoms with Crippen LogP contribution in [0, 0.1) is 12.7 Å². The van der Waals surface area contributed by atoms with E-state index in [2.05, 4.69) is 10.6 Å². The van der Waals surface area contributed by atoms with Crippen LogP contribution in [0.2, 0.25) is 0 Å². The quantitative estimate of drug-likeness (QED) is 0.898. The van der Waals surface area contributed by atoms with Crippen molar-refractivity contribution in [3.05, 3.63) is 65.0 Å². The number of amides is 1. The molecule has 0 aliphatic carbocycles. The third-order valence-corrected chi connectivity index (χ3v) is 3.20. The number of hydrogen-bond donors (Lipinski definition) is 2. The largest absolute Gasteiger partial charge is 0.381 e. The van der Waals surface area contributed by atoms with E-state index in [0.29, 0.717) is 12.1 Å². The lowest BCUT2D eigenvalue weighted by Crippen LogP contribution is -2.19. The van der Waals surface area contributed by atoms with Gasteiger partial charge in [0.25, 0.3) is 5.91 Å². The van der Waals surface area contributed by atoms with Crippen LogP contribution in [0.4, 0.5) is 10.1 Å². The highest BCUT2D eigenvalue weighted by Gasteiger charge is 2.09. The molecule has 0 atom stereocenters. The first-order chi connectivity index (χ1) is 9.61. The van der Waals surface area contributed by atoms with Gasteiger partial charge >= 0.3 is 0 Å². The fraction of sp³-hybridized carbons (Fsp3) is 0.188. The maximum Gasteiger partial charge on any atom is 0.251 e. The predicted octanol–water partition coefficient (Wildman–Crippen LogP) is 3.11. The maximum absolute atomic E-state index is 12.8. The van der Waals surface area contributed by atoms with Gasteiger partial charge in [0.05, 0.1) is 0 Å². The molecule has 0 aromatic heterocycles. The van der Waals surface area contributed by atoms with Gasteiger partial charge in [-0.3, -0.25) is 4.79 Å². The molecule has 1 amide bonds. The fourth-order valence-electron chi connectivity index (χ4n) is 2.01. The predicted molar refractivity (Wildman–Crippen MR) is 78.3 cm³/mol. The first kappa shape index (κ1) is 14.1. The van der Waals surface area contributed by atoms with Gasteiger partial charge in [-0.25, -0.2) is 4.39 Å². The van der Waals surface area contributed by atoms with E-state index < -0.39 is 0 Å². The highest BCUT2D eigenvalue weighted by Crippen LogP contribution is 2.19. The highest BCUT2D eigenvalue weighted by atomic mass is 19.1. The SMILES string of the molecule is CNC(=O)c1cccc(NCc2ccc(F)cc2)c1C. The van der Waals surface area contributed by atoms with Crippen LogP contribution >= 0.6 is 0 Å². The van der Waals surface area contributed by atoms with Gasteiger partial charge in [0.15, 0.2) is 0 Å². The number of halogens is 1. The minimum absolute atomic E-state index is 0.104. The van der Waals surface area contributed by atoms with E-state index >= 15 is 0 Å². The second kappa shape index (κ2) is 6.19. The molecule has 4 heteroatoms. The maximum atomic E-state index is 12.8. The van der Waals surface area contributed by atoms with E-state index in [-0.39, 0.29) is 11.7 Å². The van der Waals surface area contributed by atoms with Crippen LogP contribution in [-0.4, -0.2) is 13.0 Å². The Kier molecular flexibility index (Phi) is 4.35. The molecule has 0 saturated carbocycles. The van der Waals surface area contributed by atoms with E-state index in [1.165, 1.54) is 12.1 Å². The first-order valence-electron chi connectivity index (χ1n) is 6.42. The van der Waals surface area contributed by atoms with E-state index in [9.17, 15) is 9.18 Å². The second-order valence-electron chi connectivity index (χ2n) is 4.54. The molecule has 0 spiro atoms. The Morgan fingerprint density at radius 3 is 2.50 bits per heavy atom. The van der Waals surface area contributed by atoms with Crippen molar-refractivity contribution in [2.45, 2.75) is 13.5 Å². The summed E-state index contributed by atoms with van der Waals surface area (Å²) in [5.74, 6) is -0.348. The molecular weight excluding hydrogens is 255 g/mol. The van der Waals surface area contributed by atoms with Gasteiger partial charge in [-0.15, -0.1) is 0 Å². The molecule has 0 bridgehead atoms. The molecule has 2 aromatic rings. The van der Waals surface area contributed by atoms with E-state index in [0.717, 1.165) is 16.8 Å². The molecule has 104 valence electrons. The summed E-state index contributed by atoms with van der Waals surface area (Å²) in [6.45, 7) is 2.48. The number of carbonyl (C=O) groups is 1. The number of carbonyl (C=O) groups excluding carboxylic acids is 1. The van der Waals surface area contributed by atoms with Crippen molar-refractivity contribution in [2.75, 3.05) is 12.4 Å². The zero-order chi connectivity index (χ0) is 14.5. The minimum atomic E-state index is -0.244. The molecule has 0 radical (unpaired) electrons. The Morgan fingerprint density at radius 2 is 1.85 bits per heavy atom. The van der Waals surface area contributed by atoms with Crippen molar-refractivity contribution >= 4 is 11.6 Å². The van der Waals surface area contributed by atoms with Gasteiger partial charge in [-0.1, -0.05) is 18.2 Å². The van der Waals surface area contributed by atoms with Crippen LogP contribution in [0.15, 0.2) is 42.5 Å². The third kappa shape index (κ3) is 3.15. The monoisotopic (exact) mass is 272 g/mol. The summed E-state index contributed by atoms with van der Waals surface area (Å²) in [6, 6.07) is 11.9. The van der Waals surface area contributed by atoms with Crippen LogP contribution in [0.5, 0.6) is 0 Å². The molecule has 2 aromatic carbocycles. The number of anilines is 1. The lowest BCUT2D eigenvalue weighted by atomic mass is 10.1. The molecule has 0 heterocycles. The van der Waals surface area contributed by atoms with Crippen molar-refractivity contribution in [1.29, 1.82) is 0 Å². The Balaban J connectivity index is 2.13. The van der Waals surface area contributed by atoms with Gasteiger partial charge in [0.2, 0.25) is 0 Å². The zero-order valence-corrected chi connectivity index (χ0v) is 11.5. The van der Waals surface area contributed by atoms with Crippen molar-refractivity contribution in [2.24, 2.45) is 0 Å². The lowest BCUT2D eigenvalue weighted by molar-refractivity contribution is 0.0962. The molecule has 0 saturated heterocycles. The number of nitrogens with one attached hydrogen (secondary N) is 2. The highest BCUT2D eigenvalue weighted by molar-refractivity contribution is 5.96. The van der Waals surface area contributed by atoms with Gasteiger partial charge in [0.1, 0.15) is 5.82 Å². The minimum Gasteiger partial charge on any atom is -0.381 e. The molecule has 2 N–H and O–H groups in total. The molecule has 2 rings (SSSR count). The summed E-state index contributed by atoms with van der Waals surface area (Å²) in [4.78, 5) is 11.7. The van der Waals surface area contributed by atoms with Crippen LogP contribution in [0.25, 0.3) is 0 Å². The summed E-state index contributed by atoms with van der Waals surface area (Å²) < 4.78 is 12.8. The van der Waals surface area contributed by atoms with E-state index in [4.69, 9.17) is 0 Å². The van der Waals surface area contributed by atoms with Crippen LogP contribution < -0.4 is 10.6 Å². The van der Waals surface area contributed by atoms with Crippen LogP contribution in [0.1, 0.15) is 21.5 Å². The van der Waals surface area contributed by atoms with Crippen LogP contribution in [-0.2, 0) is 6.54 Å². The smallest absolute Gasteiger partial charge is 0.251 e. The van der Waals surface area contributed by atoms with Crippen molar-refractivity contribution < 1.29 is 9.18 Å². The lowest BCUT2D eigenvalue weighted by Gasteiger charge is -2.12. The van der Waals surface area contributed by atoms with E-state index in [1.54, 1.807) is 25.2 Å². The molecular formula is C16H17FN2O. The molecule has 0 fully saturated rings. The van der Waals surface area contributed by atoms with Gasteiger partial charge in [0, 0.05) is 24.8 Å². The van der Waals surface area contributed by atoms with E-state index in [1.807, 2.05) is 19.1 Å². The van der Waals surface area contributed by atoms with Crippen LogP contribution in [0.3, 0.4) is 0 Å². The standard InChI is InChI=1S/C16H17FN2O/c1-11-14(16(20)18-2)4-3-5-15(11)19-10-12-6-8-13(17)9-7-12/h3-9,19H,10H2,1-2H3,(H,18,20). The number of rotatable bonds is 4. The summed E-state index contributed by atoms with van der Waals surface area (Å²) in [5.41, 5.74) is 3.43. The first-order valence-corrected chi connectivity index (χ1v) is 6.42. The number of hydrogen-bond acceptors (Lipinski definition) is 2. The summed E-state index contributed by atoms with van der Waals surface area (Å²) in [7, 11) is 1.61. The van der Waals surface area contributed by atoms with Crippen molar-refractivity contribution in [3.8, 4) is 0 Å². The van der Waals surface area contributed by atoms with Gasteiger partial charge in [-0.2, -0.15) is 0 Å². The summed E-state index contributed by atoms with van der Waals surface area (Å²) >= 11 is 0. The fourth-order valence-corrected chi connectivity index (χ4v) is 2.01. The average Bonchev–Trinajstić information content (AvgIpc) is 2.47. The molecule has 0 unspecified atom stereocenters. The average molecular weight is 272 g/mol. The molecule has 20 heavy (non-hydrogen) atoms. The zero-order valence-electron chi connectivity index (χ0n) is 11.5. The van der Waals surface area contributed by atoms with Crippen molar-refractivity contribution in [3.63, 3.8) is 0 Å². The topological polar surface area (TPSA) is 41.1 Å². The molecule has 0 aliphatic rings. The second-order valence-corrected chi connectivity index (χ2v) is 4.54. The molecule has 3 nitrogen and oxygen atoms in total. The molecule has 0 aliphatic heterocycles. The Morgan fingerprint density at radius 1 is 1.15 bits per heavy atom. The van der Waals surface area contributed by atoms with Crippen molar-refractivity contribution in [1.82, 2.24) is 5.32 Å². The summed E-state index contributed by atoms with van der Waals surface area (Å²) in [5, 5.41) is 5.89. The Labute approximate surface area is 117 Å². The Bertz CT molecular complexity index is 608. The summed E-state index contributed by atoms with van der Waals surface area (Å²) in [6.07, 6.45) is 0. The Hall–Kier alpha value is -2.36. The van der Waals surface area contributed by atoms with Gasteiger partial charge < -0.3 is 10.6 Å².